The van der Waals surface area contributed by atoms with E-state index in [2.05, 4.69) is 43.1 Å². The van der Waals surface area contributed by atoms with Gasteiger partial charge in [-0.15, -0.1) is 6.58 Å². The standard InChI is InChI=1S/C14H21N/c1-3-4-7-11-15-12-10-14-9-6-5-8-13(14)2/h3,5-6,8-9,15H,1,4,7,10-12H2,2H3. The van der Waals surface area contributed by atoms with E-state index in [9.17, 15) is 0 Å². The highest BCUT2D eigenvalue weighted by molar-refractivity contribution is 5.25. The highest BCUT2D eigenvalue weighted by atomic mass is 14.8. The summed E-state index contributed by atoms with van der Waals surface area (Å²) in [6, 6.07) is 8.59. The Morgan fingerprint density at radius 2 is 2.07 bits per heavy atom. The van der Waals surface area contributed by atoms with Gasteiger partial charge in [0.25, 0.3) is 0 Å². The summed E-state index contributed by atoms with van der Waals surface area (Å²) in [6.45, 7) is 8.05. The number of hydrogen-bond acceptors (Lipinski definition) is 1. The molecule has 0 bridgehead atoms. The lowest BCUT2D eigenvalue weighted by Crippen LogP contribution is -2.18. The second kappa shape index (κ2) is 7.24. The van der Waals surface area contributed by atoms with Gasteiger partial charge >= 0.3 is 0 Å². The maximum atomic E-state index is 3.71. The second-order valence-corrected chi connectivity index (χ2v) is 3.86. The minimum absolute atomic E-state index is 1.07. The first-order valence-corrected chi connectivity index (χ1v) is 5.70. The largest absolute Gasteiger partial charge is 0.316 e. The normalized spacial score (nSPS) is 10.2. The van der Waals surface area contributed by atoms with Crippen LogP contribution in [0.25, 0.3) is 0 Å². The first-order valence-electron chi connectivity index (χ1n) is 5.70. The maximum Gasteiger partial charge on any atom is -0.000825 e. The molecule has 1 aromatic rings. The third kappa shape index (κ3) is 4.80. The van der Waals surface area contributed by atoms with E-state index in [1.807, 2.05) is 6.08 Å². The van der Waals surface area contributed by atoms with Crippen LogP contribution in [0.15, 0.2) is 36.9 Å². The maximum absolute atomic E-state index is 3.71. The Morgan fingerprint density at radius 3 is 2.80 bits per heavy atom. The number of unbranched alkanes of at least 4 members (excludes halogenated alkanes) is 1. The van der Waals surface area contributed by atoms with E-state index in [4.69, 9.17) is 0 Å². The molecular formula is C14H21N. The van der Waals surface area contributed by atoms with Gasteiger partial charge in [-0.1, -0.05) is 30.3 Å². The zero-order chi connectivity index (χ0) is 10.9. The van der Waals surface area contributed by atoms with Crippen LogP contribution in [-0.4, -0.2) is 13.1 Å². The Morgan fingerprint density at radius 1 is 1.27 bits per heavy atom. The van der Waals surface area contributed by atoms with E-state index in [0.717, 1.165) is 25.9 Å². The summed E-state index contributed by atoms with van der Waals surface area (Å²) in [6.07, 6.45) is 5.40. The monoisotopic (exact) mass is 203 g/mol. The van der Waals surface area contributed by atoms with Gasteiger partial charge in [0.15, 0.2) is 0 Å². The van der Waals surface area contributed by atoms with Gasteiger partial charge in [-0.25, -0.2) is 0 Å². The molecule has 0 aromatic heterocycles. The predicted molar refractivity (Wildman–Crippen MR) is 67.2 cm³/mol. The topological polar surface area (TPSA) is 12.0 Å². The Kier molecular flexibility index (Phi) is 5.79. The van der Waals surface area contributed by atoms with Crippen LogP contribution in [0.3, 0.4) is 0 Å². The van der Waals surface area contributed by atoms with E-state index >= 15 is 0 Å². The van der Waals surface area contributed by atoms with Crippen LogP contribution in [0, 0.1) is 6.92 Å². The fourth-order valence-electron chi connectivity index (χ4n) is 1.61. The summed E-state index contributed by atoms with van der Waals surface area (Å²) >= 11 is 0. The molecule has 15 heavy (non-hydrogen) atoms. The molecule has 1 rings (SSSR count). The summed E-state index contributed by atoms with van der Waals surface area (Å²) in [5, 5.41) is 3.45. The smallest absolute Gasteiger partial charge is 0.000825 e. The van der Waals surface area contributed by atoms with Crippen LogP contribution < -0.4 is 5.32 Å². The van der Waals surface area contributed by atoms with Crippen molar-refractivity contribution in [2.45, 2.75) is 26.2 Å². The summed E-state index contributed by atoms with van der Waals surface area (Å²) in [5.74, 6) is 0. The van der Waals surface area contributed by atoms with Crippen molar-refractivity contribution in [2.24, 2.45) is 0 Å². The minimum atomic E-state index is 1.07. The molecule has 0 radical (unpaired) electrons. The number of nitrogens with one attached hydrogen (secondary N) is 1. The zero-order valence-corrected chi connectivity index (χ0v) is 9.63. The summed E-state index contributed by atoms with van der Waals surface area (Å²) in [5.41, 5.74) is 2.85. The summed E-state index contributed by atoms with van der Waals surface area (Å²) in [7, 11) is 0. The van der Waals surface area contributed by atoms with Crippen molar-refractivity contribution in [2.75, 3.05) is 13.1 Å². The van der Waals surface area contributed by atoms with Crippen molar-refractivity contribution in [3.63, 3.8) is 0 Å². The third-order valence-corrected chi connectivity index (χ3v) is 2.59. The van der Waals surface area contributed by atoms with Crippen molar-refractivity contribution in [3.05, 3.63) is 48.0 Å². The van der Waals surface area contributed by atoms with Crippen LogP contribution in [-0.2, 0) is 6.42 Å². The van der Waals surface area contributed by atoms with Gasteiger partial charge < -0.3 is 5.32 Å². The number of rotatable bonds is 7. The van der Waals surface area contributed by atoms with Crippen molar-refractivity contribution >= 4 is 0 Å². The fourth-order valence-corrected chi connectivity index (χ4v) is 1.61. The molecule has 0 heterocycles. The van der Waals surface area contributed by atoms with Crippen molar-refractivity contribution in [3.8, 4) is 0 Å². The van der Waals surface area contributed by atoms with E-state index in [1.165, 1.54) is 17.5 Å². The van der Waals surface area contributed by atoms with Crippen LogP contribution in [0.1, 0.15) is 24.0 Å². The highest BCUT2D eigenvalue weighted by Gasteiger charge is 1.95. The lowest BCUT2D eigenvalue weighted by Gasteiger charge is -2.06. The summed E-state index contributed by atoms with van der Waals surface area (Å²) < 4.78 is 0. The van der Waals surface area contributed by atoms with E-state index in [1.54, 1.807) is 0 Å². The molecule has 0 fully saturated rings. The Bertz CT molecular complexity index is 291. The molecule has 0 saturated carbocycles. The highest BCUT2D eigenvalue weighted by Crippen LogP contribution is 2.06. The van der Waals surface area contributed by atoms with Crippen molar-refractivity contribution < 1.29 is 0 Å². The molecule has 1 N–H and O–H groups in total. The van der Waals surface area contributed by atoms with Gasteiger partial charge in [-0.05, 0) is 50.4 Å². The Labute approximate surface area is 93.2 Å². The van der Waals surface area contributed by atoms with Crippen LogP contribution in [0.4, 0.5) is 0 Å². The molecule has 0 aliphatic carbocycles. The SMILES string of the molecule is C=CCCCNCCc1ccccc1C. The quantitative estimate of drug-likeness (QED) is 0.530. The molecule has 0 unspecified atom stereocenters. The molecular weight excluding hydrogens is 182 g/mol. The number of allylic oxidation sites excluding steroid dienone is 1. The van der Waals surface area contributed by atoms with Gasteiger partial charge in [-0.2, -0.15) is 0 Å². The first-order chi connectivity index (χ1) is 7.34. The number of benzene rings is 1. The van der Waals surface area contributed by atoms with Crippen LogP contribution in [0.5, 0.6) is 0 Å². The molecule has 82 valence electrons. The lowest BCUT2D eigenvalue weighted by molar-refractivity contribution is 0.652. The third-order valence-electron chi connectivity index (χ3n) is 2.59. The molecule has 0 amide bonds. The lowest BCUT2D eigenvalue weighted by atomic mass is 10.1. The molecule has 1 heteroatoms. The van der Waals surface area contributed by atoms with E-state index in [-0.39, 0.29) is 0 Å². The van der Waals surface area contributed by atoms with Crippen LogP contribution >= 0.6 is 0 Å². The molecule has 0 saturated heterocycles. The molecule has 0 aliphatic heterocycles. The zero-order valence-electron chi connectivity index (χ0n) is 9.63. The summed E-state index contributed by atoms with van der Waals surface area (Å²) in [4.78, 5) is 0. The minimum Gasteiger partial charge on any atom is -0.316 e. The van der Waals surface area contributed by atoms with E-state index in [0.29, 0.717) is 0 Å². The molecule has 1 nitrogen and oxygen atoms in total. The van der Waals surface area contributed by atoms with Gasteiger partial charge in [0, 0.05) is 0 Å². The van der Waals surface area contributed by atoms with Gasteiger partial charge in [0.05, 0.1) is 0 Å². The molecule has 1 aromatic carbocycles. The second-order valence-electron chi connectivity index (χ2n) is 3.86. The Hall–Kier alpha value is -1.08. The molecule has 0 aliphatic rings. The molecule has 0 spiro atoms. The van der Waals surface area contributed by atoms with Crippen LogP contribution in [0.2, 0.25) is 0 Å². The van der Waals surface area contributed by atoms with Crippen molar-refractivity contribution in [1.29, 1.82) is 0 Å². The average Bonchev–Trinajstić information content (AvgIpc) is 2.25. The number of aryl methyl sites for hydroxylation is 1. The van der Waals surface area contributed by atoms with Crippen molar-refractivity contribution in [1.82, 2.24) is 5.32 Å². The van der Waals surface area contributed by atoms with E-state index < -0.39 is 0 Å². The molecule has 0 atom stereocenters. The number of hydrogen-bond donors (Lipinski definition) is 1. The predicted octanol–water partition coefficient (Wildman–Crippen LogP) is 3.09. The first kappa shape index (κ1) is 12.0. The Balaban J connectivity index is 2.15. The fraction of sp³-hybridized carbons (Fsp3) is 0.429. The van der Waals surface area contributed by atoms with Gasteiger partial charge in [0.2, 0.25) is 0 Å². The average molecular weight is 203 g/mol. The van der Waals surface area contributed by atoms with Gasteiger partial charge in [0.1, 0.15) is 0 Å². The van der Waals surface area contributed by atoms with Gasteiger partial charge in [-0.3, -0.25) is 0 Å².